The number of carboxylic acids is 1. The van der Waals surface area contributed by atoms with Gasteiger partial charge in [0.25, 0.3) is 6.01 Å². The Bertz CT molecular complexity index is 568. The molecular formula is C10H6Cl2N2O3. The van der Waals surface area contributed by atoms with Crippen molar-refractivity contribution in [1.82, 2.24) is 4.98 Å². The Morgan fingerprint density at radius 2 is 2.18 bits per heavy atom. The molecule has 2 rings (SSSR count). The van der Waals surface area contributed by atoms with E-state index < -0.39 is 5.97 Å². The van der Waals surface area contributed by atoms with Crippen molar-refractivity contribution in [1.29, 1.82) is 0 Å². The molecule has 0 saturated carbocycles. The van der Waals surface area contributed by atoms with Crippen LogP contribution in [0.1, 0.15) is 10.5 Å². The lowest BCUT2D eigenvalue weighted by Crippen LogP contribution is -1.97. The molecule has 2 N–H and O–H groups in total. The number of hydrogen-bond donors (Lipinski definition) is 2. The summed E-state index contributed by atoms with van der Waals surface area (Å²) in [7, 11) is 0. The molecule has 7 heteroatoms. The fraction of sp³-hybridized carbons (Fsp3) is 0. The minimum absolute atomic E-state index is 0.0478. The van der Waals surface area contributed by atoms with E-state index in [0.29, 0.717) is 15.7 Å². The quantitative estimate of drug-likeness (QED) is 0.896. The molecule has 2 aromatic rings. The summed E-state index contributed by atoms with van der Waals surface area (Å²) in [6.07, 6.45) is 1.04. The first-order valence-corrected chi connectivity index (χ1v) is 5.23. The highest BCUT2D eigenvalue weighted by molar-refractivity contribution is 6.36. The van der Waals surface area contributed by atoms with Gasteiger partial charge < -0.3 is 14.8 Å². The molecule has 1 aromatic carbocycles. The normalized spacial score (nSPS) is 10.2. The number of aromatic nitrogens is 1. The molecule has 5 nitrogen and oxygen atoms in total. The van der Waals surface area contributed by atoms with Gasteiger partial charge in [0.05, 0.1) is 10.7 Å². The molecular weight excluding hydrogens is 267 g/mol. The van der Waals surface area contributed by atoms with Gasteiger partial charge in [-0.3, -0.25) is 0 Å². The summed E-state index contributed by atoms with van der Waals surface area (Å²) in [4.78, 5) is 14.3. The van der Waals surface area contributed by atoms with Crippen LogP contribution in [0.15, 0.2) is 28.9 Å². The van der Waals surface area contributed by atoms with Gasteiger partial charge in [0.15, 0.2) is 5.69 Å². The van der Waals surface area contributed by atoms with Crippen molar-refractivity contribution in [2.24, 2.45) is 0 Å². The van der Waals surface area contributed by atoms with Gasteiger partial charge in [0.2, 0.25) is 0 Å². The Hall–Kier alpha value is -1.72. The minimum atomic E-state index is -1.16. The summed E-state index contributed by atoms with van der Waals surface area (Å²) >= 11 is 11.7. The Labute approximate surface area is 106 Å². The maximum absolute atomic E-state index is 10.6. The lowest BCUT2D eigenvalue weighted by Gasteiger charge is -2.03. The molecule has 0 aliphatic heterocycles. The Balaban J connectivity index is 2.22. The van der Waals surface area contributed by atoms with E-state index in [1.54, 1.807) is 18.2 Å². The SMILES string of the molecule is O=C(O)c1coc(Nc2ccc(Cl)cc2Cl)n1. The Morgan fingerprint density at radius 3 is 2.76 bits per heavy atom. The highest BCUT2D eigenvalue weighted by atomic mass is 35.5. The number of rotatable bonds is 3. The lowest BCUT2D eigenvalue weighted by molar-refractivity contribution is 0.0690. The van der Waals surface area contributed by atoms with E-state index >= 15 is 0 Å². The van der Waals surface area contributed by atoms with Crippen molar-refractivity contribution in [2.45, 2.75) is 0 Å². The number of oxazole rings is 1. The average Bonchev–Trinajstić information content (AvgIpc) is 2.71. The summed E-state index contributed by atoms with van der Waals surface area (Å²) in [5.41, 5.74) is 0.340. The summed E-state index contributed by atoms with van der Waals surface area (Å²) < 4.78 is 4.92. The Morgan fingerprint density at radius 1 is 1.41 bits per heavy atom. The van der Waals surface area contributed by atoms with Gasteiger partial charge in [-0.15, -0.1) is 0 Å². The molecule has 0 saturated heterocycles. The number of nitrogens with one attached hydrogen (secondary N) is 1. The first kappa shape index (κ1) is 11.8. The van der Waals surface area contributed by atoms with Crippen LogP contribution in [0.5, 0.6) is 0 Å². The zero-order valence-corrected chi connectivity index (χ0v) is 9.79. The highest BCUT2D eigenvalue weighted by Crippen LogP contribution is 2.27. The summed E-state index contributed by atoms with van der Waals surface area (Å²) in [5.74, 6) is -1.16. The molecule has 0 atom stereocenters. The zero-order chi connectivity index (χ0) is 12.4. The summed E-state index contributed by atoms with van der Waals surface area (Å²) in [6, 6.07) is 4.87. The lowest BCUT2D eigenvalue weighted by atomic mass is 10.3. The van der Waals surface area contributed by atoms with Crippen molar-refractivity contribution in [2.75, 3.05) is 5.32 Å². The van der Waals surface area contributed by atoms with Gasteiger partial charge in [0, 0.05) is 5.02 Å². The van der Waals surface area contributed by atoms with Crippen molar-refractivity contribution >= 4 is 40.9 Å². The van der Waals surface area contributed by atoms with E-state index in [2.05, 4.69) is 10.3 Å². The van der Waals surface area contributed by atoms with E-state index in [1.165, 1.54) is 0 Å². The smallest absolute Gasteiger partial charge is 0.357 e. The van der Waals surface area contributed by atoms with Gasteiger partial charge in [-0.05, 0) is 18.2 Å². The van der Waals surface area contributed by atoms with Gasteiger partial charge in [0.1, 0.15) is 6.26 Å². The number of carboxylic acid groups (broad SMARTS) is 1. The standard InChI is InChI=1S/C10H6Cl2N2O3/c11-5-1-2-7(6(12)3-5)13-10-14-8(4-17-10)9(15)16/h1-4H,(H,13,14)(H,15,16). The van der Waals surface area contributed by atoms with E-state index in [-0.39, 0.29) is 11.7 Å². The molecule has 0 aliphatic rings. The second-order valence-corrected chi connectivity index (χ2v) is 3.94. The molecule has 88 valence electrons. The number of halogens is 2. The molecule has 0 unspecified atom stereocenters. The van der Waals surface area contributed by atoms with E-state index in [4.69, 9.17) is 32.7 Å². The number of anilines is 2. The highest BCUT2D eigenvalue weighted by Gasteiger charge is 2.11. The number of benzene rings is 1. The summed E-state index contributed by atoms with van der Waals surface area (Å²) in [5, 5.41) is 12.3. The van der Waals surface area contributed by atoms with Crippen molar-refractivity contribution in [3.63, 3.8) is 0 Å². The monoisotopic (exact) mass is 272 g/mol. The van der Waals surface area contributed by atoms with Gasteiger partial charge in [-0.1, -0.05) is 23.2 Å². The topological polar surface area (TPSA) is 75.4 Å². The van der Waals surface area contributed by atoms with Crippen molar-refractivity contribution in [3.8, 4) is 0 Å². The van der Waals surface area contributed by atoms with Crippen LogP contribution in [-0.2, 0) is 0 Å². The largest absolute Gasteiger partial charge is 0.476 e. The zero-order valence-electron chi connectivity index (χ0n) is 8.28. The van der Waals surface area contributed by atoms with Crippen LogP contribution in [0.4, 0.5) is 11.7 Å². The second-order valence-electron chi connectivity index (χ2n) is 3.09. The number of hydrogen-bond acceptors (Lipinski definition) is 4. The average molecular weight is 273 g/mol. The third-order valence-electron chi connectivity index (χ3n) is 1.90. The summed E-state index contributed by atoms with van der Waals surface area (Å²) in [6.45, 7) is 0. The number of nitrogens with zero attached hydrogens (tertiary/aromatic N) is 1. The minimum Gasteiger partial charge on any atom is -0.476 e. The molecule has 0 radical (unpaired) electrons. The van der Waals surface area contributed by atoms with Crippen LogP contribution in [0, 0.1) is 0 Å². The fourth-order valence-corrected chi connectivity index (χ4v) is 1.59. The van der Waals surface area contributed by atoms with E-state index in [0.717, 1.165) is 6.26 Å². The molecule has 0 aliphatic carbocycles. The van der Waals surface area contributed by atoms with Gasteiger partial charge in [-0.25, -0.2) is 4.79 Å². The molecule has 1 aromatic heterocycles. The molecule has 0 amide bonds. The Kier molecular flexibility index (Phi) is 3.21. The second kappa shape index (κ2) is 4.65. The predicted octanol–water partition coefficient (Wildman–Crippen LogP) is 3.42. The third-order valence-corrected chi connectivity index (χ3v) is 2.44. The maximum atomic E-state index is 10.6. The molecule has 17 heavy (non-hydrogen) atoms. The van der Waals surface area contributed by atoms with Crippen LogP contribution >= 0.6 is 23.2 Å². The van der Waals surface area contributed by atoms with Crippen LogP contribution in [0.3, 0.4) is 0 Å². The van der Waals surface area contributed by atoms with Crippen molar-refractivity contribution in [3.05, 3.63) is 40.2 Å². The molecule has 0 bridgehead atoms. The maximum Gasteiger partial charge on any atom is 0.357 e. The van der Waals surface area contributed by atoms with Crippen LogP contribution < -0.4 is 5.32 Å². The molecule has 1 heterocycles. The van der Waals surface area contributed by atoms with Crippen LogP contribution in [-0.4, -0.2) is 16.1 Å². The van der Waals surface area contributed by atoms with Crippen molar-refractivity contribution < 1.29 is 14.3 Å². The van der Waals surface area contributed by atoms with Gasteiger partial charge in [-0.2, -0.15) is 4.98 Å². The molecule has 0 fully saturated rings. The first-order valence-electron chi connectivity index (χ1n) is 4.47. The predicted molar refractivity (Wildman–Crippen MR) is 63.2 cm³/mol. The molecule has 0 spiro atoms. The van der Waals surface area contributed by atoms with Crippen LogP contribution in [0.2, 0.25) is 10.0 Å². The third kappa shape index (κ3) is 2.69. The number of aromatic carboxylic acids is 1. The van der Waals surface area contributed by atoms with Gasteiger partial charge >= 0.3 is 5.97 Å². The van der Waals surface area contributed by atoms with E-state index in [9.17, 15) is 4.79 Å². The van der Waals surface area contributed by atoms with E-state index in [1.807, 2.05) is 0 Å². The number of carbonyl (C=O) groups is 1. The first-order chi connectivity index (χ1) is 8.06. The fourth-order valence-electron chi connectivity index (χ4n) is 1.14. The van der Waals surface area contributed by atoms with Crippen LogP contribution in [0.25, 0.3) is 0 Å².